The van der Waals surface area contributed by atoms with Crippen molar-refractivity contribution in [1.29, 1.82) is 0 Å². The van der Waals surface area contributed by atoms with Gasteiger partial charge in [0.2, 0.25) is 5.88 Å². The van der Waals surface area contributed by atoms with E-state index < -0.39 is 39.8 Å². The SMILES string of the molecule is CC(C)(C)C1(c2cccc(Oc3ncn(CC4(O)CCN(C(=O)C5(F)CCC[C@@H](c6ccccc6)C5)CC4)c(=O)c3N)c2)CN(C(=O)O)CCO1. The van der Waals surface area contributed by atoms with Gasteiger partial charge in [0.05, 0.1) is 25.3 Å². The normalized spacial score (nSPS) is 25.3. The highest BCUT2D eigenvalue weighted by Gasteiger charge is 2.50. The fourth-order valence-electron chi connectivity index (χ4n) is 7.87. The average Bonchev–Trinajstić information content (AvgIpc) is 3.11. The second-order valence-corrected chi connectivity index (χ2v) is 15.3. The minimum Gasteiger partial charge on any atom is -0.465 e. The summed E-state index contributed by atoms with van der Waals surface area (Å²) in [4.78, 5) is 45.8. The molecule has 0 spiro atoms. The number of halogens is 1. The number of rotatable bonds is 7. The second kappa shape index (κ2) is 13.9. The molecule has 3 aliphatic rings. The predicted octanol–water partition coefficient (Wildman–Crippen LogP) is 5.29. The number of anilines is 1. The number of likely N-dealkylation sites (tertiary alicyclic amines) is 1. The first-order chi connectivity index (χ1) is 24.1. The van der Waals surface area contributed by atoms with Crippen LogP contribution in [0.25, 0.3) is 0 Å². The van der Waals surface area contributed by atoms with E-state index in [-0.39, 0.29) is 82.5 Å². The third kappa shape index (κ3) is 7.32. The van der Waals surface area contributed by atoms with Crippen LogP contribution in [0.15, 0.2) is 65.7 Å². The highest BCUT2D eigenvalue weighted by Crippen LogP contribution is 2.46. The zero-order valence-corrected chi connectivity index (χ0v) is 29.5. The number of nitrogen functional groups attached to an aromatic ring is 1. The molecule has 3 heterocycles. The quantitative estimate of drug-likeness (QED) is 0.297. The van der Waals surface area contributed by atoms with Crippen molar-refractivity contribution in [2.24, 2.45) is 5.41 Å². The molecule has 0 bridgehead atoms. The maximum Gasteiger partial charge on any atom is 0.407 e. The summed E-state index contributed by atoms with van der Waals surface area (Å²) in [5, 5.41) is 21.2. The minimum absolute atomic E-state index is 0.0211. The standard InChI is InChI=1S/C38H48FN5O7/c1-35(2,3)38(24-43(34(47)48)19-20-50-38)28-12-7-13-29(21-28)51-31-30(40)32(45)44(25-41-31)23-36(49)15-17-42(18-16-36)33(46)37(39)14-8-11-27(22-37)26-9-5-4-6-10-26/h4-7,9-10,12-13,21,25,27,49H,8,11,14-20,22-24,40H2,1-3H3,(H,47,48)/t27-,37?,38?/m1/s1. The molecule has 2 unspecified atom stereocenters. The van der Waals surface area contributed by atoms with Crippen LogP contribution in [0.4, 0.5) is 14.9 Å². The van der Waals surface area contributed by atoms with Gasteiger partial charge in [0.25, 0.3) is 11.5 Å². The Balaban J connectivity index is 1.11. The van der Waals surface area contributed by atoms with Gasteiger partial charge in [-0.15, -0.1) is 0 Å². The van der Waals surface area contributed by atoms with Gasteiger partial charge in [0.15, 0.2) is 11.4 Å². The Morgan fingerprint density at radius 3 is 2.47 bits per heavy atom. The summed E-state index contributed by atoms with van der Waals surface area (Å²) in [7, 11) is 0. The first kappa shape index (κ1) is 36.3. The van der Waals surface area contributed by atoms with E-state index in [2.05, 4.69) is 4.98 Å². The number of hydrogen-bond donors (Lipinski definition) is 3. The van der Waals surface area contributed by atoms with Crippen molar-refractivity contribution in [3.8, 4) is 11.6 Å². The smallest absolute Gasteiger partial charge is 0.407 e. The van der Waals surface area contributed by atoms with E-state index in [4.69, 9.17) is 15.2 Å². The Morgan fingerprint density at radius 2 is 1.78 bits per heavy atom. The second-order valence-electron chi connectivity index (χ2n) is 15.3. The molecule has 3 aromatic rings. The number of amides is 2. The summed E-state index contributed by atoms with van der Waals surface area (Å²) in [6.45, 7) is 6.79. The van der Waals surface area contributed by atoms with Gasteiger partial charge in [-0.25, -0.2) is 14.2 Å². The number of aliphatic hydroxyl groups is 1. The topological polar surface area (TPSA) is 160 Å². The van der Waals surface area contributed by atoms with E-state index in [0.717, 1.165) is 12.0 Å². The lowest BCUT2D eigenvalue weighted by Crippen LogP contribution is -2.57. The van der Waals surface area contributed by atoms with E-state index in [1.807, 2.05) is 57.2 Å². The molecule has 2 amide bonds. The summed E-state index contributed by atoms with van der Waals surface area (Å²) < 4.78 is 29.7. The number of ether oxygens (including phenoxy) is 2. The summed E-state index contributed by atoms with van der Waals surface area (Å²) in [5.74, 6) is -0.330. The summed E-state index contributed by atoms with van der Waals surface area (Å²) in [6, 6.07) is 16.8. The first-order valence-electron chi connectivity index (χ1n) is 17.6. The van der Waals surface area contributed by atoms with Crippen LogP contribution in [0.5, 0.6) is 11.6 Å². The molecule has 2 aliphatic heterocycles. The van der Waals surface area contributed by atoms with Gasteiger partial charge >= 0.3 is 6.09 Å². The molecule has 0 radical (unpaired) electrons. The number of carboxylic acid groups (broad SMARTS) is 1. The number of nitrogens with zero attached hydrogens (tertiary/aromatic N) is 4. The fourth-order valence-corrected chi connectivity index (χ4v) is 7.87. The van der Waals surface area contributed by atoms with Gasteiger partial charge in [-0.2, -0.15) is 0 Å². The molecule has 2 aromatic carbocycles. The van der Waals surface area contributed by atoms with Crippen molar-refractivity contribution in [1.82, 2.24) is 19.4 Å². The Morgan fingerprint density at radius 1 is 1.06 bits per heavy atom. The van der Waals surface area contributed by atoms with Crippen LogP contribution < -0.4 is 16.0 Å². The van der Waals surface area contributed by atoms with Gasteiger partial charge in [0.1, 0.15) is 17.7 Å². The maximum absolute atomic E-state index is 16.2. The Bertz CT molecular complexity index is 1810. The zero-order chi connectivity index (χ0) is 36.6. The molecule has 6 rings (SSSR count). The van der Waals surface area contributed by atoms with Gasteiger partial charge in [-0.3, -0.25) is 14.2 Å². The fraction of sp³-hybridized carbons (Fsp3) is 0.526. The predicted molar refractivity (Wildman–Crippen MR) is 188 cm³/mol. The monoisotopic (exact) mass is 705 g/mol. The molecule has 1 aromatic heterocycles. The van der Waals surface area contributed by atoms with Crippen LogP contribution in [0.1, 0.15) is 76.3 Å². The van der Waals surface area contributed by atoms with Gasteiger partial charge < -0.3 is 35.2 Å². The molecule has 1 aliphatic carbocycles. The highest BCUT2D eigenvalue weighted by molar-refractivity contribution is 5.85. The number of carbonyl (C=O) groups is 2. The first-order valence-corrected chi connectivity index (χ1v) is 17.6. The number of piperidine rings is 1. The molecule has 3 atom stereocenters. The van der Waals surface area contributed by atoms with Crippen molar-refractivity contribution < 1.29 is 33.7 Å². The van der Waals surface area contributed by atoms with Crippen LogP contribution in [-0.4, -0.2) is 85.6 Å². The Labute approximate surface area is 297 Å². The number of benzene rings is 2. The van der Waals surface area contributed by atoms with Gasteiger partial charge in [-0.1, -0.05) is 63.2 Å². The third-order valence-electron chi connectivity index (χ3n) is 11.0. The molecule has 2 saturated heterocycles. The lowest BCUT2D eigenvalue weighted by molar-refractivity contribution is -0.166. The molecular formula is C38H48FN5O7. The largest absolute Gasteiger partial charge is 0.465 e. The molecule has 4 N–H and O–H groups in total. The summed E-state index contributed by atoms with van der Waals surface area (Å²) >= 11 is 0. The van der Waals surface area contributed by atoms with Crippen molar-refractivity contribution >= 4 is 17.7 Å². The number of alkyl halides is 1. The third-order valence-corrected chi connectivity index (χ3v) is 11.0. The zero-order valence-electron chi connectivity index (χ0n) is 29.5. The lowest BCUT2D eigenvalue weighted by Gasteiger charge is -2.50. The Hall–Kier alpha value is -4.49. The van der Waals surface area contributed by atoms with Gasteiger partial charge in [-0.05, 0) is 73.1 Å². The molecule has 3 fully saturated rings. The summed E-state index contributed by atoms with van der Waals surface area (Å²) in [6.07, 6.45) is 2.35. The lowest BCUT2D eigenvalue weighted by atomic mass is 9.71. The number of carbonyl (C=O) groups excluding carboxylic acids is 1. The molecule has 51 heavy (non-hydrogen) atoms. The van der Waals surface area contributed by atoms with Crippen molar-refractivity contribution in [2.45, 2.75) is 88.6 Å². The van der Waals surface area contributed by atoms with E-state index in [0.29, 0.717) is 17.7 Å². The van der Waals surface area contributed by atoms with Crippen molar-refractivity contribution in [3.63, 3.8) is 0 Å². The maximum atomic E-state index is 16.2. The molecular weight excluding hydrogens is 657 g/mol. The number of aromatic nitrogens is 2. The van der Waals surface area contributed by atoms with Crippen molar-refractivity contribution in [3.05, 3.63) is 82.4 Å². The Kier molecular flexibility index (Phi) is 9.90. The summed E-state index contributed by atoms with van der Waals surface area (Å²) in [5.41, 5.74) is 2.38. The van der Waals surface area contributed by atoms with E-state index >= 15 is 4.39 Å². The van der Waals surface area contributed by atoms with Crippen LogP contribution in [0.3, 0.4) is 0 Å². The van der Waals surface area contributed by atoms with Crippen LogP contribution in [-0.2, 0) is 21.7 Å². The molecule has 274 valence electrons. The molecule has 13 heteroatoms. The van der Waals surface area contributed by atoms with Crippen LogP contribution in [0, 0.1) is 5.41 Å². The highest BCUT2D eigenvalue weighted by atomic mass is 19.1. The van der Waals surface area contributed by atoms with Crippen LogP contribution >= 0.6 is 0 Å². The number of morpholine rings is 1. The van der Waals surface area contributed by atoms with E-state index in [1.54, 1.807) is 18.2 Å². The van der Waals surface area contributed by atoms with Crippen LogP contribution in [0.2, 0.25) is 0 Å². The van der Waals surface area contributed by atoms with Crippen molar-refractivity contribution in [2.75, 3.05) is 38.5 Å². The van der Waals surface area contributed by atoms with E-state index in [1.165, 1.54) is 20.7 Å². The van der Waals surface area contributed by atoms with E-state index in [9.17, 15) is 24.6 Å². The average molecular weight is 706 g/mol. The van der Waals surface area contributed by atoms with Gasteiger partial charge in [0, 0.05) is 19.6 Å². The number of nitrogens with two attached hydrogens (primary N) is 1. The molecule has 12 nitrogen and oxygen atoms in total. The molecule has 1 saturated carbocycles. The number of hydrogen-bond acceptors (Lipinski definition) is 8. The minimum atomic E-state index is -1.95.